The molecule has 0 radical (unpaired) electrons. The van der Waals surface area contributed by atoms with Crippen LogP contribution in [0.1, 0.15) is 32.8 Å². The first-order valence-electron chi connectivity index (χ1n) is 6.76. The lowest BCUT2D eigenvalue weighted by molar-refractivity contribution is -0.122. The van der Waals surface area contributed by atoms with E-state index < -0.39 is 0 Å². The Labute approximate surface area is 124 Å². The molecule has 2 N–H and O–H groups in total. The van der Waals surface area contributed by atoms with Gasteiger partial charge >= 0.3 is 0 Å². The average molecular weight is 291 g/mol. The molecule has 0 bridgehead atoms. The molecule has 0 saturated heterocycles. The fourth-order valence-corrected chi connectivity index (χ4v) is 2.49. The molecule has 0 fully saturated rings. The lowest BCUT2D eigenvalue weighted by atomic mass is 10.1. The number of amides is 1. The van der Waals surface area contributed by atoms with Gasteiger partial charge in [0, 0.05) is 18.5 Å². The number of benzene rings is 1. The molecule has 0 spiro atoms. The number of hydrogen-bond acceptors (Lipinski definition) is 2. The molecule has 1 amide bonds. The molecule has 5 heteroatoms. The molecular formula is C15H21N3OS. The summed E-state index contributed by atoms with van der Waals surface area (Å²) in [6, 6.07) is 6.16. The number of nitrogens with zero attached hydrogens (tertiary/aromatic N) is 1. The third-order valence-corrected chi connectivity index (χ3v) is 3.33. The van der Waals surface area contributed by atoms with E-state index in [4.69, 9.17) is 12.2 Å². The predicted octanol–water partition coefficient (Wildman–Crippen LogP) is 3.31. The van der Waals surface area contributed by atoms with Crippen LogP contribution < -0.4 is 5.32 Å². The maximum absolute atomic E-state index is 11.9. The van der Waals surface area contributed by atoms with E-state index in [0.717, 1.165) is 11.0 Å². The van der Waals surface area contributed by atoms with Crippen molar-refractivity contribution >= 4 is 29.2 Å². The van der Waals surface area contributed by atoms with Crippen LogP contribution >= 0.6 is 12.2 Å². The topological polar surface area (TPSA) is 49.8 Å². The third kappa shape index (κ3) is 3.48. The summed E-state index contributed by atoms with van der Waals surface area (Å²) in [5.74, 6) is 0.0425. The summed E-state index contributed by atoms with van der Waals surface area (Å²) >= 11 is 5.33. The number of carbonyl (C=O) groups excluding carboxylic acids is 1. The number of aromatic amines is 1. The molecule has 0 aliphatic rings. The number of hydrogen-bond donors (Lipinski definition) is 2. The number of rotatable bonds is 3. The van der Waals surface area contributed by atoms with Crippen molar-refractivity contribution in [2.45, 2.75) is 46.2 Å². The number of imidazole rings is 1. The van der Waals surface area contributed by atoms with Gasteiger partial charge in [0.25, 0.3) is 0 Å². The smallest absolute Gasteiger partial charge is 0.222 e. The summed E-state index contributed by atoms with van der Waals surface area (Å²) in [5, 5.41) is 2.96. The first-order valence-corrected chi connectivity index (χ1v) is 7.17. The third-order valence-electron chi connectivity index (χ3n) is 3.01. The summed E-state index contributed by atoms with van der Waals surface area (Å²) in [7, 11) is 0. The predicted molar refractivity (Wildman–Crippen MR) is 84.4 cm³/mol. The van der Waals surface area contributed by atoms with Crippen LogP contribution in [0.4, 0.5) is 0 Å². The minimum absolute atomic E-state index is 0.0425. The van der Waals surface area contributed by atoms with Crippen molar-refractivity contribution in [2.75, 3.05) is 0 Å². The molecule has 2 aromatic rings. The monoisotopic (exact) mass is 291 g/mol. The van der Waals surface area contributed by atoms with Gasteiger partial charge < -0.3 is 14.9 Å². The van der Waals surface area contributed by atoms with Crippen molar-refractivity contribution in [2.24, 2.45) is 0 Å². The maximum Gasteiger partial charge on any atom is 0.222 e. The zero-order valence-electron chi connectivity index (χ0n) is 12.4. The first-order chi connectivity index (χ1) is 9.26. The van der Waals surface area contributed by atoms with Crippen LogP contribution in [0.5, 0.6) is 0 Å². The van der Waals surface area contributed by atoms with Crippen molar-refractivity contribution in [1.29, 1.82) is 0 Å². The number of nitrogens with one attached hydrogen (secondary N) is 2. The fourth-order valence-electron chi connectivity index (χ4n) is 2.19. The minimum atomic E-state index is -0.199. The van der Waals surface area contributed by atoms with Crippen LogP contribution in [0.25, 0.3) is 11.0 Å². The van der Waals surface area contributed by atoms with Crippen molar-refractivity contribution in [3.05, 3.63) is 28.5 Å². The molecule has 1 heterocycles. The van der Waals surface area contributed by atoms with E-state index in [0.29, 0.717) is 17.7 Å². The van der Waals surface area contributed by atoms with E-state index in [2.05, 4.69) is 22.4 Å². The molecule has 20 heavy (non-hydrogen) atoms. The van der Waals surface area contributed by atoms with E-state index >= 15 is 0 Å². The van der Waals surface area contributed by atoms with Crippen LogP contribution in [0.15, 0.2) is 18.2 Å². The summed E-state index contributed by atoms with van der Waals surface area (Å²) in [6.45, 7) is 8.56. The first kappa shape index (κ1) is 14.8. The molecule has 0 aliphatic heterocycles. The molecular weight excluding hydrogens is 270 g/mol. The Balaban J connectivity index is 2.16. The van der Waals surface area contributed by atoms with Gasteiger partial charge in [-0.1, -0.05) is 6.07 Å². The number of H-pyrrole nitrogens is 1. The molecule has 1 aromatic heterocycles. The van der Waals surface area contributed by atoms with E-state index in [1.165, 1.54) is 5.56 Å². The molecule has 0 atom stereocenters. The van der Waals surface area contributed by atoms with Crippen LogP contribution in [-0.4, -0.2) is 21.0 Å². The molecule has 108 valence electrons. The normalized spacial score (nSPS) is 11.8. The van der Waals surface area contributed by atoms with Gasteiger partial charge in [-0.25, -0.2) is 0 Å². The zero-order valence-corrected chi connectivity index (χ0v) is 13.2. The highest BCUT2D eigenvalue weighted by molar-refractivity contribution is 7.71. The van der Waals surface area contributed by atoms with Crippen molar-refractivity contribution in [3.63, 3.8) is 0 Å². The van der Waals surface area contributed by atoms with Gasteiger partial charge in [0.15, 0.2) is 4.77 Å². The van der Waals surface area contributed by atoms with Gasteiger partial charge in [-0.05, 0) is 57.6 Å². The van der Waals surface area contributed by atoms with Gasteiger partial charge in [-0.3, -0.25) is 4.79 Å². The van der Waals surface area contributed by atoms with Crippen molar-refractivity contribution < 1.29 is 4.79 Å². The Morgan fingerprint density at radius 2 is 2.10 bits per heavy atom. The van der Waals surface area contributed by atoms with Crippen LogP contribution in [0, 0.1) is 11.7 Å². The second-order valence-corrected chi connectivity index (χ2v) is 6.54. The maximum atomic E-state index is 11.9. The Kier molecular flexibility index (Phi) is 3.99. The highest BCUT2D eigenvalue weighted by atomic mass is 32.1. The summed E-state index contributed by atoms with van der Waals surface area (Å²) in [4.78, 5) is 15.1. The molecule has 0 unspecified atom stereocenters. The standard InChI is InChI=1S/C15H21N3OS/c1-10-5-6-12-11(9-10)16-14(20)18(12)8-7-13(19)17-15(2,3)4/h5-6,9H,7-8H2,1-4H3,(H,16,20)(H,17,19). The Hall–Kier alpha value is -1.62. The van der Waals surface area contributed by atoms with E-state index in [1.54, 1.807) is 0 Å². The van der Waals surface area contributed by atoms with Gasteiger partial charge in [0.1, 0.15) is 0 Å². The Bertz CT molecular complexity index is 691. The highest BCUT2D eigenvalue weighted by Gasteiger charge is 2.14. The molecule has 1 aromatic carbocycles. The SMILES string of the molecule is Cc1ccc2c(c1)[nH]c(=S)n2CCC(=O)NC(C)(C)C. The lowest BCUT2D eigenvalue weighted by Crippen LogP contribution is -2.40. The quantitative estimate of drug-likeness (QED) is 0.852. The highest BCUT2D eigenvalue weighted by Crippen LogP contribution is 2.16. The van der Waals surface area contributed by atoms with Gasteiger partial charge in [-0.2, -0.15) is 0 Å². The lowest BCUT2D eigenvalue weighted by Gasteiger charge is -2.20. The molecule has 0 aliphatic carbocycles. The van der Waals surface area contributed by atoms with Crippen LogP contribution in [0.2, 0.25) is 0 Å². The number of aromatic nitrogens is 2. The van der Waals surface area contributed by atoms with Gasteiger partial charge in [-0.15, -0.1) is 0 Å². The fraction of sp³-hybridized carbons (Fsp3) is 0.467. The Morgan fingerprint density at radius 1 is 1.40 bits per heavy atom. The van der Waals surface area contributed by atoms with Crippen LogP contribution in [-0.2, 0) is 11.3 Å². The molecule has 0 saturated carbocycles. The van der Waals surface area contributed by atoms with Gasteiger partial charge in [0.2, 0.25) is 5.91 Å². The van der Waals surface area contributed by atoms with E-state index in [1.807, 2.05) is 38.3 Å². The summed E-state index contributed by atoms with van der Waals surface area (Å²) in [6.07, 6.45) is 0.423. The van der Waals surface area contributed by atoms with Crippen molar-refractivity contribution in [1.82, 2.24) is 14.9 Å². The van der Waals surface area contributed by atoms with Crippen LogP contribution in [0.3, 0.4) is 0 Å². The number of aryl methyl sites for hydroxylation is 2. The average Bonchev–Trinajstić information content (AvgIpc) is 2.59. The summed E-state index contributed by atoms with van der Waals surface area (Å²) < 4.78 is 2.64. The Morgan fingerprint density at radius 3 is 2.75 bits per heavy atom. The molecule has 4 nitrogen and oxygen atoms in total. The second kappa shape index (κ2) is 5.40. The largest absolute Gasteiger partial charge is 0.351 e. The number of carbonyl (C=O) groups is 1. The van der Waals surface area contributed by atoms with Crippen molar-refractivity contribution in [3.8, 4) is 0 Å². The second-order valence-electron chi connectivity index (χ2n) is 6.15. The van der Waals surface area contributed by atoms with E-state index in [9.17, 15) is 4.79 Å². The number of fused-ring (bicyclic) bond motifs is 1. The van der Waals surface area contributed by atoms with Gasteiger partial charge in [0.05, 0.1) is 11.0 Å². The summed E-state index contributed by atoms with van der Waals surface area (Å²) in [5.41, 5.74) is 3.05. The zero-order chi connectivity index (χ0) is 14.9. The molecule has 2 rings (SSSR count). The minimum Gasteiger partial charge on any atom is -0.351 e. The van der Waals surface area contributed by atoms with E-state index in [-0.39, 0.29) is 11.4 Å².